The fourth-order valence-electron chi connectivity index (χ4n) is 1.90. The third-order valence-corrected chi connectivity index (χ3v) is 3.00. The molecule has 0 atom stereocenters. The van der Waals surface area contributed by atoms with Gasteiger partial charge in [-0.15, -0.1) is 0 Å². The molecule has 2 rings (SSSR count). The number of amides is 1. The Hall–Kier alpha value is -2.49. The van der Waals surface area contributed by atoms with E-state index in [2.05, 4.69) is 0 Å². The van der Waals surface area contributed by atoms with Gasteiger partial charge >= 0.3 is 0 Å². The van der Waals surface area contributed by atoms with Crippen molar-refractivity contribution < 1.29 is 15.0 Å². The van der Waals surface area contributed by atoms with Crippen molar-refractivity contribution in [1.82, 2.24) is 0 Å². The van der Waals surface area contributed by atoms with Gasteiger partial charge in [-0.3, -0.25) is 4.79 Å². The van der Waals surface area contributed by atoms with E-state index in [1.54, 1.807) is 7.05 Å². The van der Waals surface area contributed by atoms with Crippen molar-refractivity contribution in [2.24, 2.45) is 0 Å². The molecule has 0 heterocycles. The van der Waals surface area contributed by atoms with Crippen LogP contribution in [0.3, 0.4) is 0 Å². The monoisotopic (exact) mass is 257 g/mol. The zero-order chi connectivity index (χ0) is 14.0. The number of aryl methyl sites for hydroxylation is 1. The van der Waals surface area contributed by atoms with Gasteiger partial charge in [-0.1, -0.05) is 18.2 Å². The molecule has 4 nitrogen and oxygen atoms in total. The summed E-state index contributed by atoms with van der Waals surface area (Å²) in [6, 6.07) is 11.6. The van der Waals surface area contributed by atoms with Gasteiger partial charge < -0.3 is 15.1 Å². The molecule has 0 radical (unpaired) electrons. The number of carbonyl (C=O) groups is 1. The number of phenolic OH excluding ortho intramolecular Hbond substituents is 2. The summed E-state index contributed by atoms with van der Waals surface area (Å²) in [6.07, 6.45) is 0. The van der Waals surface area contributed by atoms with Gasteiger partial charge in [-0.2, -0.15) is 0 Å². The smallest absolute Gasteiger partial charge is 0.258 e. The van der Waals surface area contributed by atoms with Crippen molar-refractivity contribution in [1.29, 1.82) is 0 Å². The molecule has 0 unspecified atom stereocenters. The van der Waals surface area contributed by atoms with Crippen LogP contribution in [0.4, 0.5) is 5.69 Å². The largest absolute Gasteiger partial charge is 0.504 e. The third-order valence-electron chi connectivity index (χ3n) is 3.00. The summed E-state index contributed by atoms with van der Waals surface area (Å²) in [7, 11) is 1.68. The van der Waals surface area contributed by atoms with Crippen molar-refractivity contribution in [2.75, 3.05) is 11.9 Å². The van der Waals surface area contributed by atoms with Gasteiger partial charge in [0.2, 0.25) is 0 Å². The number of phenols is 2. The predicted molar refractivity (Wildman–Crippen MR) is 73.7 cm³/mol. The van der Waals surface area contributed by atoms with E-state index in [1.807, 2.05) is 31.2 Å². The van der Waals surface area contributed by atoms with E-state index >= 15 is 0 Å². The van der Waals surface area contributed by atoms with E-state index < -0.39 is 0 Å². The molecular weight excluding hydrogens is 242 g/mol. The van der Waals surface area contributed by atoms with Crippen LogP contribution in [0.2, 0.25) is 0 Å². The Morgan fingerprint density at radius 1 is 1.05 bits per heavy atom. The summed E-state index contributed by atoms with van der Waals surface area (Å²) >= 11 is 0. The number of hydrogen-bond acceptors (Lipinski definition) is 3. The lowest BCUT2D eigenvalue weighted by Crippen LogP contribution is -2.26. The second-order valence-electron chi connectivity index (χ2n) is 4.35. The Balaban J connectivity index is 2.34. The van der Waals surface area contributed by atoms with Gasteiger partial charge in [-0.05, 0) is 36.8 Å². The SMILES string of the molecule is Cc1ccccc1N(C)C(=O)c1ccc(O)c(O)c1. The molecular formula is C15H15NO3. The van der Waals surface area contributed by atoms with Gasteiger partial charge in [0.25, 0.3) is 5.91 Å². The minimum Gasteiger partial charge on any atom is -0.504 e. The molecule has 2 aromatic carbocycles. The number of aromatic hydroxyl groups is 2. The number of nitrogens with zero attached hydrogens (tertiary/aromatic N) is 1. The van der Waals surface area contributed by atoms with Crippen LogP contribution in [-0.2, 0) is 0 Å². The summed E-state index contributed by atoms with van der Waals surface area (Å²) < 4.78 is 0. The van der Waals surface area contributed by atoms with Crippen LogP contribution in [0.5, 0.6) is 11.5 Å². The topological polar surface area (TPSA) is 60.8 Å². The molecule has 19 heavy (non-hydrogen) atoms. The van der Waals surface area contributed by atoms with Gasteiger partial charge in [0, 0.05) is 18.3 Å². The van der Waals surface area contributed by atoms with Crippen molar-refractivity contribution in [3.63, 3.8) is 0 Å². The summed E-state index contributed by atoms with van der Waals surface area (Å²) in [5, 5.41) is 18.7. The van der Waals surface area contributed by atoms with Crippen molar-refractivity contribution in [2.45, 2.75) is 6.92 Å². The van der Waals surface area contributed by atoms with Gasteiger partial charge in [0.15, 0.2) is 11.5 Å². The molecule has 2 aromatic rings. The normalized spacial score (nSPS) is 10.2. The summed E-state index contributed by atoms with van der Waals surface area (Å²) in [4.78, 5) is 13.8. The Morgan fingerprint density at radius 2 is 1.74 bits per heavy atom. The summed E-state index contributed by atoms with van der Waals surface area (Å²) in [6.45, 7) is 1.92. The lowest BCUT2D eigenvalue weighted by Gasteiger charge is -2.19. The standard InChI is InChI=1S/C15H15NO3/c1-10-5-3-4-6-12(10)16(2)15(19)11-7-8-13(17)14(18)9-11/h3-9,17-18H,1-2H3. The Kier molecular flexibility index (Phi) is 3.42. The van der Waals surface area contributed by atoms with E-state index in [9.17, 15) is 15.0 Å². The first kappa shape index (κ1) is 13.0. The van der Waals surface area contributed by atoms with Crippen LogP contribution in [0, 0.1) is 6.92 Å². The quantitative estimate of drug-likeness (QED) is 0.813. The van der Waals surface area contributed by atoms with E-state index in [4.69, 9.17) is 0 Å². The summed E-state index contributed by atoms with van der Waals surface area (Å²) in [5.41, 5.74) is 2.11. The highest BCUT2D eigenvalue weighted by Crippen LogP contribution is 2.27. The number of hydrogen-bond donors (Lipinski definition) is 2. The molecule has 4 heteroatoms. The number of rotatable bonds is 2. The Labute approximate surface area is 111 Å². The molecule has 1 amide bonds. The molecule has 0 aliphatic carbocycles. The Morgan fingerprint density at radius 3 is 2.37 bits per heavy atom. The molecule has 0 aliphatic heterocycles. The van der Waals surface area contributed by atoms with Gasteiger partial charge in [0.1, 0.15) is 0 Å². The van der Waals surface area contributed by atoms with Crippen LogP contribution in [0.15, 0.2) is 42.5 Å². The van der Waals surface area contributed by atoms with Crippen LogP contribution in [0.25, 0.3) is 0 Å². The average Bonchev–Trinajstić information content (AvgIpc) is 2.41. The minimum absolute atomic E-state index is 0.241. The lowest BCUT2D eigenvalue weighted by molar-refractivity contribution is 0.0992. The molecule has 0 aromatic heterocycles. The fraction of sp³-hybridized carbons (Fsp3) is 0.133. The van der Waals surface area contributed by atoms with Gasteiger partial charge in [0.05, 0.1) is 0 Å². The molecule has 0 saturated heterocycles. The van der Waals surface area contributed by atoms with Crippen molar-refractivity contribution in [3.05, 3.63) is 53.6 Å². The van der Waals surface area contributed by atoms with E-state index in [-0.39, 0.29) is 17.4 Å². The zero-order valence-electron chi connectivity index (χ0n) is 10.8. The minimum atomic E-state index is -0.302. The Bertz CT molecular complexity index is 623. The first-order chi connectivity index (χ1) is 9.00. The third kappa shape index (κ3) is 2.52. The molecule has 0 spiro atoms. The van der Waals surface area contributed by atoms with E-state index in [1.165, 1.54) is 23.1 Å². The van der Waals surface area contributed by atoms with Crippen LogP contribution >= 0.6 is 0 Å². The number of para-hydroxylation sites is 1. The average molecular weight is 257 g/mol. The highest BCUT2D eigenvalue weighted by molar-refractivity contribution is 6.06. The van der Waals surface area contributed by atoms with Crippen molar-refractivity contribution in [3.8, 4) is 11.5 Å². The van der Waals surface area contributed by atoms with Gasteiger partial charge in [-0.25, -0.2) is 0 Å². The second-order valence-corrected chi connectivity index (χ2v) is 4.35. The number of anilines is 1. The number of carbonyl (C=O) groups excluding carboxylic acids is 1. The van der Waals surface area contributed by atoms with Crippen LogP contribution in [-0.4, -0.2) is 23.2 Å². The number of benzene rings is 2. The first-order valence-electron chi connectivity index (χ1n) is 5.86. The predicted octanol–water partition coefficient (Wildman–Crippen LogP) is 2.68. The van der Waals surface area contributed by atoms with E-state index in [0.717, 1.165) is 11.3 Å². The molecule has 2 N–H and O–H groups in total. The molecule has 0 bridgehead atoms. The maximum Gasteiger partial charge on any atom is 0.258 e. The summed E-state index contributed by atoms with van der Waals surface area (Å²) in [5.74, 6) is -0.788. The molecule has 0 aliphatic rings. The highest BCUT2D eigenvalue weighted by atomic mass is 16.3. The van der Waals surface area contributed by atoms with E-state index in [0.29, 0.717) is 5.56 Å². The second kappa shape index (κ2) is 5.02. The highest BCUT2D eigenvalue weighted by Gasteiger charge is 2.16. The maximum absolute atomic E-state index is 12.3. The van der Waals surface area contributed by atoms with Crippen molar-refractivity contribution >= 4 is 11.6 Å². The fourth-order valence-corrected chi connectivity index (χ4v) is 1.90. The maximum atomic E-state index is 12.3. The molecule has 0 saturated carbocycles. The van der Waals surface area contributed by atoms with Crippen LogP contribution in [0.1, 0.15) is 15.9 Å². The zero-order valence-corrected chi connectivity index (χ0v) is 10.8. The lowest BCUT2D eigenvalue weighted by atomic mass is 10.1. The first-order valence-corrected chi connectivity index (χ1v) is 5.86. The molecule has 0 fully saturated rings. The van der Waals surface area contributed by atoms with Crippen LogP contribution < -0.4 is 4.90 Å². The molecule has 98 valence electrons.